The summed E-state index contributed by atoms with van der Waals surface area (Å²) in [6.45, 7) is 3.63. The number of amides is 1. The molecule has 0 radical (unpaired) electrons. The molecule has 1 aromatic carbocycles. The van der Waals surface area contributed by atoms with Crippen molar-refractivity contribution in [1.82, 2.24) is 10.2 Å². The van der Waals surface area contributed by atoms with Crippen molar-refractivity contribution in [1.29, 1.82) is 0 Å². The molecule has 2 aliphatic heterocycles. The number of hydrogen-bond acceptors (Lipinski definition) is 3. The Hall–Kier alpha value is -1.46. The Labute approximate surface area is 117 Å². The molecule has 0 saturated carbocycles. The van der Waals surface area contributed by atoms with Gasteiger partial charge in [0.1, 0.15) is 11.9 Å². The maximum atomic E-state index is 12.9. The van der Waals surface area contributed by atoms with E-state index < -0.39 is 0 Å². The number of benzene rings is 1. The molecule has 0 spiro atoms. The topological polar surface area (TPSA) is 41.6 Å². The van der Waals surface area contributed by atoms with E-state index in [0.29, 0.717) is 32.0 Å². The molecule has 4 nitrogen and oxygen atoms in total. The van der Waals surface area contributed by atoms with Gasteiger partial charge in [0.25, 0.3) is 0 Å². The molecule has 0 bridgehead atoms. The largest absolute Gasteiger partial charge is 0.370 e. The lowest BCUT2D eigenvalue weighted by Crippen LogP contribution is -2.47. The summed E-state index contributed by atoms with van der Waals surface area (Å²) in [7, 11) is 0. The summed E-state index contributed by atoms with van der Waals surface area (Å²) in [6, 6.07) is 6.31. The number of nitrogens with zero attached hydrogens (tertiary/aromatic N) is 1. The summed E-state index contributed by atoms with van der Waals surface area (Å²) in [4.78, 5) is 14.1. The second kappa shape index (κ2) is 5.89. The van der Waals surface area contributed by atoms with Gasteiger partial charge in [0.2, 0.25) is 5.91 Å². The molecule has 20 heavy (non-hydrogen) atoms. The first kappa shape index (κ1) is 13.5. The number of hydrogen-bond donors (Lipinski definition) is 1. The second-order valence-corrected chi connectivity index (χ2v) is 5.48. The summed E-state index contributed by atoms with van der Waals surface area (Å²) in [5.74, 6) is 0.427. The highest BCUT2D eigenvalue weighted by molar-refractivity contribution is 5.76. The third-order valence-electron chi connectivity index (χ3n) is 3.99. The van der Waals surface area contributed by atoms with Crippen molar-refractivity contribution in [2.45, 2.75) is 12.5 Å². The molecule has 1 atom stereocenters. The van der Waals surface area contributed by atoms with Crippen molar-refractivity contribution in [3.8, 4) is 0 Å². The first-order valence-electron chi connectivity index (χ1n) is 7.08. The summed E-state index contributed by atoms with van der Waals surface area (Å²) >= 11 is 0. The van der Waals surface area contributed by atoms with Crippen LogP contribution in [0.25, 0.3) is 0 Å². The van der Waals surface area contributed by atoms with Crippen LogP contribution < -0.4 is 5.32 Å². The van der Waals surface area contributed by atoms with E-state index in [4.69, 9.17) is 4.74 Å². The Kier molecular flexibility index (Phi) is 3.98. The van der Waals surface area contributed by atoms with Crippen LogP contribution in [0.2, 0.25) is 0 Å². The van der Waals surface area contributed by atoms with Gasteiger partial charge in [-0.05, 0) is 36.7 Å². The van der Waals surface area contributed by atoms with Crippen LogP contribution in [0.4, 0.5) is 4.39 Å². The molecule has 0 aliphatic carbocycles. The molecule has 1 amide bonds. The number of carbonyl (C=O) groups excluding carboxylic acids is 1. The first-order chi connectivity index (χ1) is 9.72. The highest BCUT2D eigenvalue weighted by Gasteiger charge is 2.28. The fourth-order valence-corrected chi connectivity index (χ4v) is 2.62. The SMILES string of the molecule is O=C(CC1CNC1)N1CCOC(c2ccc(F)cc2)C1. The van der Waals surface area contributed by atoms with Crippen molar-refractivity contribution < 1.29 is 13.9 Å². The molecule has 1 aromatic rings. The quantitative estimate of drug-likeness (QED) is 0.907. The molecular weight excluding hydrogens is 259 g/mol. The molecule has 3 rings (SSSR count). The summed E-state index contributed by atoms with van der Waals surface area (Å²) in [5.41, 5.74) is 0.925. The molecule has 2 heterocycles. The highest BCUT2D eigenvalue weighted by Crippen LogP contribution is 2.23. The monoisotopic (exact) mass is 278 g/mol. The normalized spacial score (nSPS) is 23.4. The van der Waals surface area contributed by atoms with Crippen molar-refractivity contribution in [2.24, 2.45) is 5.92 Å². The molecular formula is C15H19FN2O2. The molecule has 1 unspecified atom stereocenters. The van der Waals surface area contributed by atoms with Gasteiger partial charge >= 0.3 is 0 Å². The summed E-state index contributed by atoms with van der Waals surface area (Å²) < 4.78 is 18.6. The number of morpholine rings is 1. The Morgan fingerprint density at radius 2 is 2.10 bits per heavy atom. The van der Waals surface area contributed by atoms with Crippen molar-refractivity contribution in [3.05, 3.63) is 35.6 Å². The van der Waals surface area contributed by atoms with Crippen LogP contribution in [0.5, 0.6) is 0 Å². The lowest BCUT2D eigenvalue weighted by atomic mass is 9.98. The zero-order chi connectivity index (χ0) is 13.9. The van der Waals surface area contributed by atoms with E-state index in [1.54, 1.807) is 12.1 Å². The molecule has 2 aliphatic rings. The van der Waals surface area contributed by atoms with Crippen molar-refractivity contribution in [2.75, 3.05) is 32.8 Å². The van der Waals surface area contributed by atoms with Crippen molar-refractivity contribution in [3.63, 3.8) is 0 Å². The molecule has 2 fully saturated rings. The third kappa shape index (κ3) is 2.99. The lowest BCUT2D eigenvalue weighted by Gasteiger charge is -2.35. The summed E-state index contributed by atoms with van der Waals surface area (Å²) in [6.07, 6.45) is 0.469. The summed E-state index contributed by atoms with van der Waals surface area (Å²) in [5, 5.41) is 3.18. The first-order valence-corrected chi connectivity index (χ1v) is 7.08. The average Bonchev–Trinajstić information content (AvgIpc) is 2.43. The zero-order valence-electron chi connectivity index (χ0n) is 11.3. The fraction of sp³-hybridized carbons (Fsp3) is 0.533. The third-order valence-corrected chi connectivity index (χ3v) is 3.99. The van der Waals surface area contributed by atoms with Crippen LogP contribution in [0.3, 0.4) is 0 Å². The van der Waals surface area contributed by atoms with Crippen molar-refractivity contribution >= 4 is 5.91 Å². The number of carbonyl (C=O) groups is 1. The number of halogens is 1. The van der Waals surface area contributed by atoms with Crippen LogP contribution in [-0.4, -0.2) is 43.6 Å². The van der Waals surface area contributed by atoms with Crippen LogP contribution in [0, 0.1) is 11.7 Å². The Morgan fingerprint density at radius 1 is 1.35 bits per heavy atom. The minimum absolute atomic E-state index is 0.146. The van der Waals surface area contributed by atoms with E-state index in [2.05, 4.69) is 5.32 Å². The van der Waals surface area contributed by atoms with Crippen LogP contribution in [0.15, 0.2) is 24.3 Å². The number of ether oxygens (including phenoxy) is 1. The van der Waals surface area contributed by atoms with E-state index in [1.165, 1.54) is 12.1 Å². The van der Waals surface area contributed by atoms with Gasteiger partial charge < -0.3 is 15.0 Å². The average molecular weight is 278 g/mol. The maximum Gasteiger partial charge on any atom is 0.223 e. The van der Waals surface area contributed by atoms with Crippen LogP contribution in [-0.2, 0) is 9.53 Å². The Morgan fingerprint density at radius 3 is 2.75 bits per heavy atom. The Balaban J connectivity index is 1.60. The van der Waals surface area contributed by atoms with Gasteiger partial charge in [-0.25, -0.2) is 4.39 Å². The van der Waals surface area contributed by atoms with Gasteiger partial charge in [-0.15, -0.1) is 0 Å². The highest BCUT2D eigenvalue weighted by atomic mass is 19.1. The van der Waals surface area contributed by atoms with Crippen LogP contribution in [0.1, 0.15) is 18.1 Å². The number of nitrogens with one attached hydrogen (secondary N) is 1. The Bertz CT molecular complexity index is 473. The molecule has 0 aromatic heterocycles. The smallest absolute Gasteiger partial charge is 0.223 e. The minimum atomic E-state index is -0.255. The predicted octanol–water partition coefficient (Wildman–Crippen LogP) is 1.34. The maximum absolute atomic E-state index is 12.9. The molecule has 108 valence electrons. The van der Waals surface area contributed by atoms with Gasteiger partial charge in [-0.3, -0.25) is 4.79 Å². The lowest BCUT2D eigenvalue weighted by molar-refractivity contribution is -0.140. The minimum Gasteiger partial charge on any atom is -0.370 e. The molecule has 5 heteroatoms. The van der Waals surface area contributed by atoms with Gasteiger partial charge in [0.15, 0.2) is 0 Å². The van der Waals surface area contributed by atoms with E-state index in [0.717, 1.165) is 18.7 Å². The fourth-order valence-electron chi connectivity index (χ4n) is 2.62. The second-order valence-electron chi connectivity index (χ2n) is 5.48. The molecule has 1 N–H and O–H groups in total. The zero-order valence-corrected chi connectivity index (χ0v) is 11.3. The predicted molar refractivity (Wildman–Crippen MR) is 72.6 cm³/mol. The van der Waals surface area contributed by atoms with Gasteiger partial charge in [0.05, 0.1) is 13.2 Å². The molecule has 2 saturated heterocycles. The van der Waals surface area contributed by atoms with E-state index >= 15 is 0 Å². The van der Waals surface area contributed by atoms with E-state index in [9.17, 15) is 9.18 Å². The standard InChI is InChI=1S/C15H19FN2O2/c16-13-3-1-12(2-4-13)14-10-18(5-6-20-14)15(19)7-11-8-17-9-11/h1-4,11,14,17H,5-10H2. The van der Waals surface area contributed by atoms with Gasteiger partial charge in [-0.1, -0.05) is 12.1 Å². The number of rotatable bonds is 3. The van der Waals surface area contributed by atoms with E-state index in [1.807, 2.05) is 4.90 Å². The van der Waals surface area contributed by atoms with Gasteiger partial charge in [0, 0.05) is 13.0 Å². The van der Waals surface area contributed by atoms with Crippen LogP contribution >= 0.6 is 0 Å². The van der Waals surface area contributed by atoms with Gasteiger partial charge in [-0.2, -0.15) is 0 Å². The van der Waals surface area contributed by atoms with E-state index in [-0.39, 0.29) is 17.8 Å².